The molecule has 0 aromatic rings. The predicted octanol–water partition coefficient (Wildman–Crippen LogP) is 4.24. The topological polar surface area (TPSA) is 20.3 Å². The number of hydrogen-bond donors (Lipinski definition) is 0. The fraction of sp³-hybridized carbons (Fsp3) is 0.929. The van der Waals surface area contributed by atoms with Crippen LogP contribution in [0.5, 0.6) is 0 Å². The van der Waals surface area contributed by atoms with Crippen LogP contribution in [0.3, 0.4) is 0 Å². The van der Waals surface area contributed by atoms with Crippen molar-refractivity contribution in [1.29, 1.82) is 0 Å². The van der Waals surface area contributed by atoms with Crippen LogP contribution in [0.2, 0.25) is 0 Å². The van der Waals surface area contributed by atoms with Crippen molar-refractivity contribution >= 4 is 5.91 Å². The van der Waals surface area contributed by atoms with Crippen molar-refractivity contribution in [3.63, 3.8) is 0 Å². The van der Waals surface area contributed by atoms with Gasteiger partial charge in [-0.25, -0.2) is 0 Å². The molecule has 1 fully saturated rings. The fourth-order valence-corrected chi connectivity index (χ4v) is 1.78. The molecule has 98 valence electrons. The number of rotatable bonds is 3. The first-order valence-electron chi connectivity index (χ1n) is 7.05. The third-order valence-electron chi connectivity index (χ3n) is 2.62. The van der Waals surface area contributed by atoms with Crippen LogP contribution >= 0.6 is 0 Å². The van der Waals surface area contributed by atoms with Crippen molar-refractivity contribution in [3.8, 4) is 0 Å². The summed E-state index contributed by atoms with van der Waals surface area (Å²) in [4.78, 5) is 13.6. The number of carbonyl (C=O) groups excluding carboxylic acids is 1. The van der Waals surface area contributed by atoms with E-state index in [1.54, 1.807) is 0 Å². The van der Waals surface area contributed by atoms with Crippen molar-refractivity contribution < 1.29 is 4.79 Å². The Hall–Kier alpha value is -0.530. The van der Waals surface area contributed by atoms with Gasteiger partial charge in [-0.3, -0.25) is 4.79 Å². The molecule has 1 heterocycles. The first-order valence-corrected chi connectivity index (χ1v) is 7.05. The van der Waals surface area contributed by atoms with Crippen molar-refractivity contribution in [2.75, 3.05) is 6.54 Å². The number of nitrogens with zero attached hydrogens (tertiary/aromatic N) is 1. The molecular formula is C14H31NO. The Morgan fingerprint density at radius 1 is 1.25 bits per heavy atom. The summed E-state index contributed by atoms with van der Waals surface area (Å²) in [5, 5.41) is 0. The zero-order valence-corrected chi connectivity index (χ0v) is 12.2. The van der Waals surface area contributed by atoms with E-state index in [4.69, 9.17) is 0 Å². The van der Waals surface area contributed by atoms with Crippen LogP contribution in [-0.4, -0.2) is 23.4 Å². The SMILES string of the molecule is CC.CC.CCCCC(=O)N1CCCC1C. The molecule has 1 saturated heterocycles. The van der Waals surface area contributed by atoms with Crippen LogP contribution in [0.15, 0.2) is 0 Å². The molecule has 1 aliphatic rings. The third kappa shape index (κ3) is 6.86. The molecule has 0 aromatic heterocycles. The summed E-state index contributed by atoms with van der Waals surface area (Å²) in [6, 6.07) is 0.495. The Bertz CT molecular complexity index is 157. The van der Waals surface area contributed by atoms with Gasteiger partial charge in [0.25, 0.3) is 0 Å². The van der Waals surface area contributed by atoms with E-state index >= 15 is 0 Å². The van der Waals surface area contributed by atoms with Gasteiger partial charge in [0.2, 0.25) is 5.91 Å². The van der Waals surface area contributed by atoms with Gasteiger partial charge in [0.15, 0.2) is 0 Å². The molecule has 0 saturated carbocycles. The minimum atomic E-state index is 0.363. The van der Waals surface area contributed by atoms with E-state index in [0.29, 0.717) is 11.9 Å². The number of hydrogen-bond acceptors (Lipinski definition) is 1. The van der Waals surface area contributed by atoms with Crippen LogP contribution in [0, 0.1) is 0 Å². The standard InChI is InChI=1S/C10H19NO.2C2H6/c1-3-4-7-10(12)11-8-5-6-9(11)2;2*1-2/h9H,3-8H2,1-2H3;2*1-2H3. The lowest BCUT2D eigenvalue weighted by atomic mass is 10.2. The summed E-state index contributed by atoms with van der Waals surface area (Å²) >= 11 is 0. The van der Waals surface area contributed by atoms with Gasteiger partial charge in [-0.1, -0.05) is 41.0 Å². The molecular weight excluding hydrogens is 198 g/mol. The Morgan fingerprint density at radius 2 is 1.81 bits per heavy atom. The summed E-state index contributed by atoms with van der Waals surface area (Å²) in [5.74, 6) is 0.363. The molecule has 1 aliphatic heterocycles. The molecule has 0 aliphatic carbocycles. The Kier molecular flexibility index (Phi) is 14.0. The molecule has 2 heteroatoms. The van der Waals surface area contributed by atoms with Crippen LogP contribution in [-0.2, 0) is 4.79 Å². The molecule has 16 heavy (non-hydrogen) atoms. The summed E-state index contributed by atoms with van der Waals surface area (Å²) in [5.41, 5.74) is 0. The van der Waals surface area contributed by atoms with Crippen molar-refractivity contribution in [1.82, 2.24) is 4.90 Å². The molecule has 0 spiro atoms. The fourth-order valence-electron chi connectivity index (χ4n) is 1.78. The minimum Gasteiger partial charge on any atom is -0.340 e. The molecule has 0 aromatic carbocycles. The van der Waals surface area contributed by atoms with Gasteiger partial charge in [0, 0.05) is 19.0 Å². The molecule has 0 bridgehead atoms. The second kappa shape index (κ2) is 12.5. The van der Waals surface area contributed by atoms with E-state index in [-0.39, 0.29) is 0 Å². The lowest BCUT2D eigenvalue weighted by Crippen LogP contribution is -2.33. The maximum Gasteiger partial charge on any atom is 0.222 e. The van der Waals surface area contributed by atoms with E-state index in [2.05, 4.69) is 13.8 Å². The first-order chi connectivity index (χ1) is 7.75. The second-order valence-electron chi connectivity index (χ2n) is 3.68. The molecule has 0 radical (unpaired) electrons. The zero-order valence-electron chi connectivity index (χ0n) is 12.2. The molecule has 1 atom stereocenters. The highest BCUT2D eigenvalue weighted by atomic mass is 16.2. The van der Waals surface area contributed by atoms with Crippen LogP contribution in [0.1, 0.15) is 73.6 Å². The van der Waals surface area contributed by atoms with Crippen molar-refractivity contribution in [2.24, 2.45) is 0 Å². The Labute approximate surface area is 102 Å². The van der Waals surface area contributed by atoms with E-state index in [0.717, 1.165) is 25.8 Å². The first kappa shape index (κ1) is 17.9. The largest absolute Gasteiger partial charge is 0.340 e. The predicted molar refractivity (Wildman–Crippen MR) is 72.6 cm³/mol. The van der Waals surface area contributed by atoms with Crippen LogP contribution < -0.4 is 0 Å². The number of amides is 1. The maximum absolute atomic E-state index is 11.5. The highest BCUT2D eigenvalue weighted by molar-refractivity contribution is 5.76. The molecule has 0 N–H and O–H groups in total. The third-order valence-corrected chi connectivity index (χ3v) is 2.62. The zero-order chi connectivity index (χ0) is 13.0. The minimum absolute atomic E-state index is 0.363. The van der Waals surface area contributed by atoms with Gasteiger partial charge < -0.3 is 4.90 Å². The van der Waals surface area contributed by atoms with Gasteiger partial charge >= 0.3 is 0 Å². The van der Waals surface area contributed by atoms with Crippen molar-refractivity contribution in [3.05, 3.63) is 0 Å². The highest BCUT2D eigenvalue weighted by Crippen LogP contribution is 2.17. The second-order valence-corrected chi connectivity index (χ2v) is 3.68. The van der Waals surface area contributed by atoms with E-state index in [1.807, 2.05) is 32.6 Å². The number of carbonyl (C=O) groups is 1. The highest BCUT2D eigenvalue weighted by Gasteiger charge is 2.23. The van der Waals surface area contributed by atoms with Gasteiger partial charge in [-0.15, -0.1) is 0 Å². The quantitative estimate of drug-likeness (QED) is 0.709. The van der Waals surface area contributed by atoms with Crippen LogP contribution in [0.4, 0.5) is 0 Å². The van der Waals surface area contributed by atoms with E-state index in [9.17, 15) is 4.79 Å². The monoisotopic (exact) mass is 229 g/mol. The Morgan fingerprint density at radius 3 is 2.19 bits per heavy atom. The van der Waals surface area contributed by atoms with Gasteiger partial charge in [0.05, 0.1) is 0 Å². The maximum atomic E-state index is 11.5. The lowest BCUT2D eigenvalue weighted by Gasteiger charge is -2.21. The summed E-state index contributed by atoms with van der Waals surface area (Å²) < 4.78 is 0. The van der Waals surface area contributed by atoms with Gasteiger partial charge in [-0.2, -0.15) is 0 Å². The lowest BCUT2D eigenvalue weighted by molar-refractivity contribution is -0.131. The van der Waals surface area contributed by atoms with E-state index < -0.39 is 0 Å². The summed E-state index contributed by atoms with van der Waals surface area (Å²) in [6.07, 6.45) is 5.30. The van der Waals surface area contributed by atoms with Gasteiger partial charge in [-0.05, 0) is 26.2 Å². The van der Waals surface area contributed by atoms with Crippen molar-refractivity contribution in [2.45, 2.75) is 79.7 Å². The average Bonchev–Trinajstić information content (AvgIpc) is 2.77. The number of unbranched alkanes of at least 4 members (excludes halogenated alkanes) is 1. The average molecular weight is 229 g/mol. The Balaban J connectivity index is 0. The van der Waals surface area contributed by atoms with Crippen LogP contribution in [0.25, 0.3) is 0 Å². The normalized spacial score (nSPS) is 18.1. The smallest absolute Gasteiger partial charge is 0.222 e. The number of likely N-dealkylation sites (tertiary alicyclic amines) is 1. The van der Waals surface area contributed by atoms with Gasteiger partial charge in [0.1, 0.15) is 0 Å². The molecule has 1 unspecified atom stereocenters. The molecule has 1 rings (SSSR count). The summed E-state index contributed by atoms with van der Waals surface area (Å²) in [6.45, 7) is 13.3. The summed E-state index contributed by atoms with van der Waals surface area (Å²) in [7, 11) is 0. The molecule has 2 nitrogen and oxygen atoms in total. The molecule has 1 amide bonds. The van der Waals surface area contributed by atoms with E-state index in [1.165, 1.54) is 12.8 Å².